The van der Waals surface area contributed by atoms with Crippen LogP contribution in [0.2, 0.25) is 0 Å². The van der Waals surface area contributed by atoms with Crippen molar-refractivity contribution in [1.82, 2.24) is 0 Å². The third-order valence-corrected chi connectivity index (χ3v) is 2.92. The van der Waals surface area contributed by atoms with Crippen LogP contribution in [0.3, 0.4) is 0 Å². The van der Waals surface area contributed by atoms with Crippen LogP contribution in [0.5, 0.6) is 0 Å². The van der Waals surface area contributed by atoms with Crippen molar-refractivity contribution in [1.29, 1.82) is 0 Å². The minimum absolute atomic E-state index is 0.0793. The van der Waals surface area contributed by atoms with Crippen LogP contribution in [0.25, 0.3) is 0 Å². The van der Waals surface area contributed by atoms with Crippen LogP contribution in [0, 0.1) is 11.3 Å². The summed E-state index contributed by atoms with van der Waals surface area (Å²) in [7, 11) is 0. The second-order valence-corrected chi connectivity index (χ2v) is 6.84. The Kier molecular flexibility index (Phi) is 8.79. The zero-order valence-electron chi connectivity index (χ0n) is 13.7. The summed E-state index contributed by atoms with van der Waals surface area (Å²) < 4.78 is 5.39. The Morgan fingerprint density at radius 3 is 2.42 bits per heavy atom. The average Bonchev–Trinajstić information content (AvgIpc) is 2.21. The molecule has 0 bridgehead atoms. The van der Waals surface area contributed by atoms with Crippen molar-refractivity contribution in [3.8, 4) is 0 Å². The van der Waals surface area contributed by atoms with E-state index in [0.717, 1.165) is 12.8 Å². The first-order valence-electron chi connectivity index (χ1n) is 7.60. The highest BCUT2D eigenvalue weighted by Crippen LogP contribution is 2.26. The Morgan fingerprint density at radius 1 is 1.26 bits per heavy atom. The van der Waals surface area contributed by atoms with Gasteiger partial charge in [0.05, 0.1) is 0 Å². The fraction of sp³-hybridized carbons (Fsp3) is 0.824. The van der Waals surface area contributed by atoms with E-state index in [2.05, 4.69) is 40.7 Å². The molecule has 0 spiro atoms. The Bertz CT molecular complexity index is 273. The molecule has 0 amide bonds. The lowest BCUT2D eigenvalue weighted by molar-refractivity contribution is -0.147. The van der Waals surface area contributed by atoms with Crippen LogP contribution in [0.1, 0.15) is 73.6 Å². The van der Waals surface area contributed by atoms with E-state index in [-0.39, 0.29) is 17.5 Å². The molecule has 0 radical (unpaired) electrons. The van der Waals surface area contributed by atoms with Crippen LogP contribution < -0.4 is 0 Å². The predicted molar refractivity (Wildman–Crippen MR) is 82.1 cm³/mol. The molecule has 0 aliphatic carbocycles. The van der Waals surface area contributed by atoms with E-state index in [1.807, 2.05) is 13.0 Å². The van der Waals surface area contributed by atoms with E-state index >= 15 is 0 Å². The van der Waals surface area contributed by atoms with E-state index in [9.17, 15) is 4.79 Å². The lowest BCUT2D eigenvalue weighted by Gasteiger charge is -2.22. The fourth-order valence-electron chi connectivity index (χ4n) is 2.31. The molecule has 0 aromatic rings. The summed E-state index contributed by atoms with van der Waals surface area (Å²) in [4.78, 5) is 11.8. The van der Waals surface area contributed by atoms with Crippen LogP contribution in [0.4, 0.5) is 0 Å². The highest BCUT2D eigenvalue weighted by molar-refractivity contribution is 5.69. The van der Waals surface area contributed by atoms with Gasteiger partial charge in [-0.25, -0.2) is 0 Å². The molecule has 0 fully saturated rings. The second kappa shape index (κ2) is 9.17. The second-order valence-electron chi connectivity index (χ2n) is 6.84. The number of hydrogen-bond acceptors (Lipinski definition) is 2. The van der Waals surface area contributed by atoms with Gasteiger partial charge in [-0.3, -0.25) is 4.79 Å². The molecule has 0 saturated heterocycles. The van der Waals surface area contributed by atoms with Gasteiger partial charge in [0.2, 0.25) is 0 Å². The molecule has 19 heavy (non-hydrogen) atoms. The molecular weight excluding hydrogens is 236 g/mol. The molecule has 0 rings (SSSR count). The number of carbonyl (C=O) groups excluding carboxylic acids is 1. The molecule has 2 atom stereocenters. The standard InChI is InChI=1S/C17H32O2/c1-7-8-9-10-11-15(3)19-16(18)12-14(2)13-17(4,5)6/h10-11,14-15H,7-9,12-13H2,1-6H3/b11-10+. The van der Waals surface area contributed by atoms with Crippen molar-refractivity contribution in [2.24, 2.45) is 11.3 Å². The maximum absolute atomic E-state index is 11.8. The summed E-state index contributed by atoms with van der Waals surface area (Å²) in [6, 6.07) is 0. The monoisotopic (exact) mass is 268 g/mol. The Balaban J connectivity index is 3.93. The van der Waals surface area contributed by atoms with Crippen LogP contribution in [-0.4, -0.2) is 12.1 Å². The molecule has 2 nitrogen and oxygen atoms in total. The van der Waals surface area contributed by atoms with E-state index in [0.29, 0.717) is 12.3 Å². The number of allylic oxidation sites excluding steroid dienone is 1. The minimum Gasteiger partial charge on any atom is -0.458 e. The molecule has 0 N–H and O–H groups in total. The van der Waals surface area contributed by atoms with Gasteiger partial charge < -0.3 is 4.74 Å². The number of rotatable bonds is 8. The predicted octanol–water partition coefficient (Wildman–Crippen LogP) is 5.13. The van der Waals surface area contributed by atoms with Gasteiger partial charge in [0.25, 0.3) is 0 Å². The maximum atomic E-state index is 11.8. The summed E-state index contributed by atoms with van der Waals surface area (Å²) in [5.41, 5.74) is 0.269. The van der Waals surface area contributed by atoms with Gasteiger partial charge in [-0.15, -0.1) is 0 Å². The molecule has 112 valence electrons. The van der Waals surface area contributed by atoms with Gasteiger partial charge in [-0.05, 0) is 37.2 Å². The summed E-state index contributed by atoms with van der Waals surface area (Å²) in [6.45, 7) is 12.8. The van der Waals surface area contributed by atoms with E-state index < -0.39 is 0 Å². The largest absolute Gasteiger partial charge is 0.458 e. The average molecular weight is 268 g/mol. The lowest BCUT2D eigenvalue weighted by atomic mass is 9.84. The van der Waals surface area contributed by atoms with Crippen molar-refractivity contribution in [3.63, 3.8) is 0 Å². The van der Waals surface area contributed by atoms with Crippen molar-refractivity contribution in [2.75, 3.05) is 0 Å². The third kappa shape index (κ3) is 12.0. The molecule has 0 aliphatic rings. The lowest BCUT2D eigenvalue weighted by Crippen LogP contribution is -2.18. The van der Waals surface area contributed by atoms with E-state index in [4.69, 9.17) is 4.74 Å². The molecule has 0 saturated carbocycles. The highest BCUT2D eigenvalue weighted by atomic mass is 16.5. The molecule has 2 unspecified atom stereocenters. The number of esters is 1. The number of unbranched alkanes of at least 4 members (excludes halogenated alkanes) is 2. The van der Waals surface area contributed by atoms with Gasteiger partial charge in [0.15, 0.2) is 0 Å². The van der Waals surface area contributed by atoms with Crippen molar-refractivity contribution < 1.29 is 9.53 Å². The minimum atomic E-state index is -0.105. The molecular formula is C17H32O2. The summed E-state index contributed by atoms with van der Waals surface area (Å²) in [5, 5.41) is 0. The van der Waals surface area contributed by atoms with Crippen LogP contribution in [-0.2, 0) is 9.53 Å². The number of carbonyl (C=O) groups is 1. The quantitative estimate of drug-likeness (QED) is 0.347. The molecule has 2 heteroatoms. The van der Waals surface area contributed by atoms with Crippen molar-refractivity contribution in [3.05, 3.63) is 12.2 Å². The molecule has 0 aromatic heterocycles. The number of ether oxygens (including phenoxy) is 1. The first kappa shape index (κ1) is 18.2. The summed E-state index contributed by atoms with van der Waals surface area (Å²) in [6.07, 6.45) is 9.02. The molecule has 0 heterocycles. The maximum Gasteiger partial charge on any atom is 0.306 e. The summed E-state index contributed by atoms with van der Waals surface area (Å²) in [5.74, 6) is 0.299. The van der Waals surface area contributed by atoms with Crippen molar-refractivity contribution >= 4 is 5.97 Å². The molecule has 0 aliphatic heterocycles. The van der Waals surface area contributed by atoms with Gasteiger partial charge in [0.1, 0.15) is 6.10 Å². The highest BCUT2D eigenvalue weighted by Gasteiger charge is 2.18. The first-order chi connectivity index (χ1) is 8.74. The fourth-order valence-corrected chi connectivity index (χ4v) is 2.31. The van der Waals surface area contributed by atoms with E-state index in [1.165, 1.54) is 12.8 Å². The smallest absolute Gasteiger partial charge is 0.306 e. The van der Waals surface area contributed by atoms with Crippen molar-refractivity contribution in [2.45, 2.75) is 79.8 Å². The van der Waals surface area contributed by atoms with Gasteiger partial charge in [-0.1, -0.05) is 53.5 Å². The Labute approximate surface area is 119 Å². The van der Waals surface area contributed by atoms with Gasteiger partial charge in [0, 0.05) is 6.42 Å². The van der Waals surface area contributed by atoms with Gasteiger partial charge in [-0.2, -0.15) is 0 Å². The van der Waals surface area contributed by atoms with Crippen LogP contribution in [0.15, 0.2) is 12.2 Å². The zero-order chi connectivity index (χ0) is 14.9. The SMILES string of the molecule is CCCC/C=C/C(C)OC(=O)CC(C)CC(C)(C)C. The number of hydrogen-bond donors (Lipinski definition) is 0. The Hall–Kier alpha value is -0.790. The molecule has 0 aromatic carbocycles. The van der Waals surface area contributed by atoms with Gasteiger partial charge >= 0.3 is 5.97 Å². The first-order valence-corrected chi connectivity index (χ1v) is 7.60. The summed E-state index contributed by atoms with van der Waals surface area (Å²) >= 11 is 0. The Morgan fingerprint density at radius 2 is 1.89 bits per heavy atom. The zero-order valence-corrected chi connectivity index (χ0v) is 13.7. The van der Waals surface area contributed by atoms with Crippen LogP contribution >= 0.6 is 0 Å². The van der Waals surface area contributed by atoms with E-state index in [1.54, 1.807) is 0 Å². The third-order valence-electron chi connectivity index (χ3n) is 2.92. The topological polar surface area (TPSA) is 26.3 Å². The normalized spacial score (nSPS) is 15.5.